The van der Waals surface area contributed by atoms with Gasteiger partial charge in [0.2, 0.25) is 0 Å². The van der Waals surface area contributed by atoms with Crippen LogP contribution in [0.25, 0.3) is 11.1 Å². The van der Waals surface area contributed by atoms with Crippen molar-refractivity contribution in [1.82, 2.24) is 0 Å². The van der Waals surface area contributed by atoms with Gasteiger partial charge in [-0.05, 0) is 35.1 Å². The molecule has 4 rings (SSSR count). The van der Waals surface area contributed by atoms with Gasteiger partial charge in [-0.25, -0.2) is 4.79 Å². The predicted molar refractivity (Wildman–Crippen MR) is 149 cm³/mol. The number of rotatable bonds is 13. The number of methoxy groups -OCH3 is 1. The quantitative estimate of drug-likeness (QED) is 0.189. The second-order valence-corrected chi connectivity index (χ2v) is 10.3. The second kappa shape index (κ2) is 14.3. The largest absolute Gasteiger partial charge is 0.508 e. The maximum Gasteiger partial charge on any atom is 0.508 e. The van der Waals surface area contributed by atoms with E-state index in [9.17, 15) is 4.79 Å². The van der Waals surface area contributed by atoms with Crippen LogP contribution in [0.1, 0.15) is 56.6 Å². The third-order valence-electron chi connectivity index (χ3n) is 7.18. The molecule has 1 saturated heterocycles. The van der Waals surface area contributed by atoms with E-state index in [1.807, 2.05) is 24.3 Å². The highest BCUT2D eigenvalue weighted by Crippen LogP contribution is 2.44. The highest BCUT2D eigenvalue weighted by molar-refractivity contribution is 7.80. The van der Waals surface area contributed by atoms with E-state index >= 15 is 0 Å². The Balaban J connectivity index is 1.45. The van der Waals surface area contributed by atoms with Crippen LogP contribution in [0.2, 0.25) is 0 Å². The smallest absolute Gasteiger partial charge is 0.433 e. The lowest BCUT2D eigenvalue weighted by Gasteiger charge is -2.43. The molecule has 0 saturated carbocycles. The van der Waals surface area contributed by atoms with Crippen molar-refractivity contribution in [2.24, 2.45) is 0 Å². The topological polar surface area (TPSA) is 72.5 Å². The predicted octanol–water partition coefficient (Wildman–Crippen LogP) is 5.99. The summed E-state index contributed by atoms with van der Waals surface area (Å²) in [6, 6.07) is 16.4. The normalized spacial score (nSPS) is 24.6. The molecule has 1 heterocycles. The Bertz CT molecular complexity index is 986. The molecule has 0 radical (unpaired) electrons. The Hall–Kier alpha value is -2.10. The molecule has 0 bridgehead atoms. The van der Waals surface area contributed by atoms with E-state index in [-0.39, 0.29) is 12.5 Å². The van der Waals surface area contributed by atoms with Crippen molar-refractivity contribution in [3.63, 3.8) is 0 Å². The van der Waals surface area contributed by atoms with Gasteiger partial charge in [0.15, 0.2) is 6.10 Å². The summed E-state index contributed by atoms with van der Waals surface area (Å²) in [5, 5.41) is 0. The fourth-order valence-electron chi connectivity index (χ4n) is 5.17. The average Bonchev–Trinajstić information content (AvgIpc) is 3.25. The second-order valence-electron chi connectivity index (χ2n) is 9.75. The van der Waals surface area contributed by atoms with Gasteiger partial charge < -0.3 is 28.4 Å². The van der Waals surface area contributed by atoms with E-state index in [2.05, 4.69) is 50.7 Å². The highest BCUT2D eigenvalue weighted by Gasteiger charge is 2.48. The summed E-state index contributed by atoms with van der Waals surface area (Å²) in [6.07, 6.45) is 0.651. The number of ether oxygens (including phenoxy) is 6. The molecule has 1 aliphatic heterocycles. The van der Waals surface area contributed by atoms with Gasteiger partial charge in [-0.15, -0.1) is 12.6 Å². The molecular weight excluding hydrogens is 504 g/mol. The molecule has 1 aliphatic carbocycles. The summed E-state index contributed by atoms with van der Waals surface area (Å²) in [5.41, 5.74) is 4.01. The van der Waals surface area contributed by atoms with Gasteiger partial charge in [0.05, 0.1) is 6.61 Å². The molecule has 208 valence electrons. The third-order valence-corrected chi connectivity index (χ3v) is 7.59. The van der Waals surface area contributed by atoms with Gasteiger partial charge in [-0.2, -0.15) is 0 Å². The van der Waals surface area contributed by atoms with Gasteiger partial charge in [0.25, 0.3) is 0 Å². The van der Waals surface area contributed by atoms with Crippen molar-refractivity contribution in [2.75, 3.05) is 33.5 Å². The molecule has 2 aromatic rings. The molecule has 0 N–H and O–H groups in total. The Labute approximate surface area is 231 Å². The molecule has 0 amide bonds. The van der Waals surface area contributed by atoms with Crippen molar-refractivity contribution in [3.05, 3.63) is 59.7 Å². The molecule has 5 atom stereocenters. The van der Waals surface area contributed by atoms with Gasteiger partial charge in [0, 0.05) is 26.2 Å². The van der Waals surface area contributed by atoms with Crippen LogP contribution in [0.15, 0.2) is 48.5 Å². The molecule has 38 heavy (non-hydrogen) atoms. The van der Waals surface area contributed by atoms with Crippen LogP contribution in [0.5, 0.6) is 0 Å². The summed E-state index contributed by atoms with van der Waals surface area (Å²) in [6.45, 7) is 5.80. The standard InChI is InChI=1S/C30H40O7S/c1-4-6-16-33-19-25-26(32-3)27(28(29(38)36-25)34-17-7-5-2)37-30(31)35-18-24-22-14-10-8-12-20(22)21-13-9-11-15-23(21)24/h8-15,24-29,38H,4-7,16-19H2,1-3H3/t25?,26-,27?,28+,29+/m1/s1. The number of thiol groups is 1. The summed E-state index contributed by atoms with van der Waals surface area (Å²) in [4.78, 5) is 13.1. The Morgan fingerprint density at radius 1 is 0.868 bits per heavy atom. The van der Waals surface area contributed by atoms with Gasteiger partial charge in [-0.1, -0.05) is 75.2 Å². The monoisotopic (exact) mass is 544 g/mol. The number of carbonyl (C=O) groups excluding carboxylic acids is 1. The SMILES string of the molecule is CCCCOCC1O[C@@H](S)[C@@H](OCCCC)C(OC(=O)OCC2c3ccccc3-c3ccccc32)[C@@H]1OC. The highest BCUT2D eigenvalue weighted by atomic mass is 32.1. The molecule has 0 spiro atoms. The summed E-state index contributed by atoms with van der Waals surface area (Å²) in [7, 11) is 1.57. The Morgan fingerprint density at radius 2 is 1.50 bits per heavy atom. The molecule has 2 aliphatic rings. The van der Waals surface area contributed by atoms with Gasteiger partial charge >= 0.3 is 6.16 Å². The van der Waals surface area contributed by atoms with E-state index in [4.69, 9.17) is 28.4 Å². The molecule has 2 aromatic carbocycles. The summed E-state index contributed by atoms with van der Waals surface area (Å²) in [5.74, 6) is -0.0585. The number of hydrogen-bond donors (Lipinski definition) is 1. The first kappa shape index (κ1) is 28.9. The van der Waals surface area contributed by atoms with Crippen LogP contribution in [-0.4, -0.2) is 69.5 Å². The number of hydrogen-bond acceptors (Lipinski definition) is 8. The van der Waals surface area contributed by atoms with E-state index in [1.165, 1.54) is 11.1 Å². The maximum absolute atomic E-state index is 13.1. The molecular formula is C30H40O7S. The minimum atomic E-state index is -0.768. The zero-order valence-corrected chi connectivity index (χ0v) is 23.4. The number of carbonyl (C=O) groups is 1. The molecule has 2 unspecified atom stereocenters. The van der Waals surface area contributed by atoms with Gasteiger partial charge in [0.1, 0.15) is 30.4 Å². The fraction of sp³-hybridized carbons (Fsp3) is 0.567. The lowest BCUT2D eigenvalue weighted by molar-refractivity contribution is -0.231. The summed E-state index contributed by atoms with van der Waals surface area (Å²) < 4.78 is 35.4. The van der Waals surface area contributed by atoms with Crippen molar-refractivity contribution < 1.29 is 33.2 Å². The number of unbranched alkanes of at least 4 members (excludes halogenated alkanes) is 2. The minimum absolute atomic E-state index is 0.0585. The minimum Gasteiger partial charge on any atom is -0.433 e. The van der Waals surface area contributed by atoms with E-state index in [1.54, 1.807) is 7.11 Å². The van der Waals surface area contributed by atoms with Crippen LogP contribution in [0.4, 0.5) is 4.79 Å². The first-order valence-corrected chi connectivity index (χ1v) is 14.2. The lowest BCUT2D eigenvalue weighted by Crippen LogP contribution is -2.60. The first-order valence-electron chi connectivity index (χ1n) is 13.7. The molecule has 7 nitrogen and oxygen atoms in total. The molecule has 8 heteroatoms. The zero-order chi connectivity index (χ0) is 26.9. The fourth-order valence-corrected chi connectivity index (χ4v) is 5.58. The maximum atomic E-state index is 13.1. The van der Waals surface area contributed by atoms with Crippen molar-refractivity contribution in [2.45, 2.75) is 75.3 Å². The van der Waals surface area contributed by atoms with Gasteiger partial charge in [-0.3, -0.25) is 0 Å². The Kier molecular flexibility index (Phi) is 10.9. The van der Waals surface area contributed by atoms with Crippen LogP contribution in [0, 0.1) is 0 Å². The van der Waals surface area contributed by atoms with Crippen LogP contribution in [-0.2, 0) is 28.4 Å². The van der Waals surface area contributed by atoms with E-state index in [0.717, 1.165) is 36.8 Å². The summed E-state index contributed by atoms with van der Waals surface area (Å²) >= 11 is 4.64. The number of fused-ring (bicyclic) bond motifs is 3. The van der Waals surface area contributed by atoms with Crippen molar-refractivity contribution >= 4 is 18.8 Å². The Morgan fingerprint density at radius 3 is 2.13 bits per heavy atom. The average molecular weight is 545 g/mol. The van der Waals surface area contributed by atoms with Crippen LogP contribution >= 0.6 is 12.6 Å². The van der Waals surface area contributed by atoms with Crippen molar-refractivity contribution in [1.29, 1.82) is 0 Å². The molecule has 1 fully saturated rings. The van der Waals surface area contributed by atoms with Crippen LogP contribution < -0.4 is 0 Å². The zero-order valence-electron chi connectivity index (χ0n) is 22.5. The van der Waals surface area contributed by atoms with E-state index < -0.39 is 36.0 Å². The van der Waals surface area contributed by atoms with Crippen LogP contribution in [0.3, 0.4) is 0 Å². The third kappa shape index (κ3) is 6.72. The molecule has 0 aromatic heterocycles. The lowest BCUT2D eigenvalue weighted by atomic mass is 9.98. The van der Waals surface area contributed by atoms with E-state index in [0.29, 0.717) is 19.8 Å². The number of benzene rings is 2. The van der Waals surface area contributed by atoms with Crippen molar-refractivity contribution in [3.8, 4) is 11.1 Å². The first-order chi connectivity index (χ1) is 18.6.